The number of nitrogens with one attached hydrogen (secondary N) is 2. The second kappa shape index (κ2) is 18.9. The van der Waals surface area contributed by atoms with Gasteiger partial charge in [-0.2, -0.15) is 4.63 Å². The second-order valence-corrected chi connectivity index (χ2v) is 13.9. The third kappa shape index (κ3) is 11.6. The number of aromatic nitrogens is 4. The molecule has 0 saturated carbocycles. The first-order valence-corrected chi connectivity index (χ1v) is 17.9. The summed E-state index contributed by atoms with van der Waals surface area (Å²) in [5, 5.41) is 21.3. The van der Waals surface area contributed by atoms with Crippen LogP contribution in [0.3, 0.4) is 0 Å². The van der Waals surface area contributed by atoms with Crippen LogP contribution in [-0.4, -0.2) is 43.4 Å². The van der Waals surface area contributed by atoms with E-state index in [2.05, 4.69) is 27.4 Å². The number of H-pyrrole nitrogens is 1. The van der Waals surface area contributed by atoms with Crippen molar-refractivity contribution in [3.05, 3.63) is 28.9 Å². The zero-order valence-corrected chi connectivity index (χ0v) is 29.5. The zero-order valence-electron chi connectivity index (χ0n) is 28.7. The number of hydrogen-bond donors (Lipinski definition) is 3. The lowest BCUT2D eigenvalue weighted by Gasteiger charge is -2.16. The Hall–Kier alpha value is -3.07. The Morgan fingerprint density at radius 1 is 0.957 bits per heavy atom. The molecule has 10 heteroatoms. The maximum Gasteiger partial charge on any atom is 0.306 e. The first-order valence-electron chi connectivity index (χ1n) is 17.5. The van der Waals surface area contributed by atoms with E-state index in [9.17, 15) is 14.7 Å². The molecule has 3 N–H and O–H groups in total. The number of carbonyl (C=O) groups is 2. The van der Waals surface area contributed by atoms with Crippen molar-refractivity contribution >= 4 is 34.8 Å². The SMILES string of the molecule is CCCCCCCCCCCCCCCCOC(=O)CC(CC)C(=O)Nc1ccc(O)cc1-c1nc2c(Cl)c(C(C)(C)C)[nH]n2n1. The van der Waals surface area contributed by atoms with Gasteiger partial charge in [-0.3, -0.25) is 14.7 Å². The van der Waals surface area contributed by atoms with Crippen molar-refractivity contribution in [2.45, 2.75) is 143 Å². The molecule has 256 valence electrons. The molecule has 1 aromatic carbocycles. The number of amides is 1. The minimum atomic E-state index is -0.557. The van der Waals surface area contributed by atoms with Gasteiger partial charge in [-0.05, 0) is 31.0 Å². The molecule has 2 aromatic heterocycles. The monoisotopic (exact) mass is 657 g/mol. The number of aromatic hydroxyl groups is 1. The van der Waals surface area contributed by atoms with Gasteiger partial charge in [0.05, 0.1) is 24.4 Å². The highest BCUT2D eigenvalue weighted by molar-refractivity contribution is 6.34. The Balaban J connectivity index is 1.40. The molecule has 0 radical (unpaired) electrons. The number of aromatic amines is 1. The third-order valence-electron chi connectivity index (χ3n) is 8.53. The molecule has 3 rings (SSSR count). The molecule has 0 aliphatic rings. The summed E-state index contributed by atoms with van der Waals surface area (Å²) in [6.45, 7) is 10.6. The number of anilines is 1. The maximum atomic E-state index is 13.2. The highest BCUT2D eigenvalue weighted by atomic mass is 35.5. The number of ether oxygens (including phenoxy) is 1. The number of halogens is 1. The molecule has 1 atom stereocenters. The van der Waals surface area contributed by atoms with E-state index >= 15 is 0 Å². The van der Waals surface area contributed by atoms with Crippen LogP contribution in [0.25, 0.3) is 17.0 Å². The highest BCUT2D eigenvalue weighted by Gasteiger charge is 2.26. The van der Waals surface area contributed by atoms with Crippen molar-refractivity contribution in [1.82, 2.24) is 19.8 Å². The molecule has 1 amide bonds. The lowest BCUT2D eigenvalue weighted by molar-refractivity contribution is -0.146. The number of hydrogen-bond acceptors (Lipinski definition) is 6. The minimum absolute atomic E-state index is 0.00524. The molecule has 0 spiro atoms. The lowest BCUT2D eigenvalue weighted by Crippen LogP contribution is -2.26. The van der Waals surface area contributed by atoms with Crippen molar-refractivity contribution in [2.24, 2.45) is 5.92 Å². The summed E-state index contributed by atoms with van der Waals surface area (Å²) >= 11 is 6.60. The molecule has 0 saturated heterocycles. The second-order valence-electron chi connectivity index (χ2n) is 13.6. The number of esters is 1. The van der Waals surface area contributed by atoms with Crippen LogP contribution >= 0.6 is 11.6 Å². The molecule has 2 heterocycles. The Kier molecular flexibility index (Phi) is 15.4. The van der Waals surface area contributed by atoms with Gasteiger partial charge in [0.2, 0.25) is 5.91 Å². The number of carbonyl (C=O) groups excluding carboxylic acids is 2. The summed E-state index contributed by atoms with van der Waals surface area (Å²) in [6.07, 6.45) is 18.3. The lowest BCUT2D eigenvalue weighted by atomic mass is 9.92. The summed E-state index contributed by atoms with van der Waals surface area (Å²) in [7, 11) is 0. The average molecular weight is 658 g/mol. The quantitative estimate of drug-likeness (QED) is 0.0595. The summed E-state index contributed by atoms with van der Waals surface area (Å²) in [5.74, 6) is -0.927. The van der Waals surface area contributed by atoms with Gasteiger partial charge in [-0.25, -0.2) is 4.98 Å². The molecule has 3 aromatic rings. The van der Waals surface area contributed by atoms with Crippen LogP contribution in [0.4, 0.5) is 5.69 Å². The fourth-order valence-electron chi connectivity index (χ4n) is 5.64. The van der Waals surface area contributed by atoms with E-state index in [1.807, 2.05) is 27.7 Å². The van der Waals surface area contributed by atoms with Crippen LogP contribution in [0.5, 0.6) is 5.75 Å². The maximum absolute atomic E-state index is 13.2. The molecular formula is C36H56ClN5O4. The molecule has 0 fully saturated rings. The van der Waals surface area contributed by atoms with E-state index in [4.69, 9.17) is 16.3 Å². The third-order valence-corrected chi connectivity index (χ3v) is 8.89. The van der Waals surface area contributed by atoms with Gasteiger partial charge in [-0.1, -0.05) is 130 Å². The van der Waals surface area contributed by atoms with Gasteiger partial charge in [-0.15, -0.1) is 5.10 Å². The molecular weight excluding hydrogens is 602 g/mol. The van der Waals surface area contributed by atoms with Crippen molar-refractivity contribution in [1.29, 1.82) is 0 Å². The Bertz CT molecular complexity index is 1380. The van der Waals surface area contributed by atoms with E-state index in [1.54, 1.807) is 6.07 Å². The average Bonchev–Trinajstić information content (AvgIpc) is 3.57. The highest BCUT2D eigenvalue weighted by Crippen LogP contribution is 2.34. The minimum Gasteiger partial charge on any atom is -0.508 e. The molecule has 0 bridgehead atoms. The van der Waals surface area contributed by atoms with Crippen LogP contribution in [0.15, 0.2) is 18.2 Å². The number of fused-ring (bicyclic) bond motifs is 1. The Morgan fingerprint density at radius 2 is 1.54 bits per heavy atom. The van der Waals surface area contributed by atoms with Gasteiger partial charge in [0, 0.05) is 16.9 Å². The van der Waals surface area contributed by atoms with Gasteiger partial charge in [0.15, 0.2) is 11.5 Å². The number of phenols is 1. The summed E-state index contributed by atoms with van der Waals surface area (Å²) in [4.78, 5) is 30.4. The standard InChI is InChI=1S/C36H56ClN5O4/c1-6-8-9-10-11-12-13-14-15-16-17-18-19-20-23-46-30(44)24-26(7-2)35(45)38-29-22-21-27(43)25-28(29)33-39-34-31(37)32(36(3,4)5)40-42(34)41-33/h21-22,25-26,40,43H,6-20,23-24H2,1-5H3,(H,38,45). The summed E-state index contributed by atoms with van der Waals surface area (Å²) < 4.78 is 6.97. The molecule has 1 unspecified atom stereocenters. The van der Waals surface area contributed by atoms with E-state index < -0.39 is 5.92 Å². The summed E-state index contributed by atoms with van der Waals surface area (Å²) in [6, 6.07) is 4.58. The van der Waals surface area contributed by atoms with Gasteiger partial charge >= 0.3 is 5.97 Å². The molecule has 0 aliphatic carbocycles. The molecule has 46 heavy (non-hydrogen) atoms. The largest absolute Gasteiger partial charge is 0.508 e. The zero-order chi connectivity index (χ0) is 33.5. The fourth-order valence-corrected chi connectivity index (χ4v) is 6.08. The van der Waals surface area contributed by atoms with Crippen LogP contribution in [0, 0.1) is 5.92 Å². The fraction of sp³-hybridized carbons (Fsp3) is 0.667. The predicted molar refractivity (Wildman–Crippen MR) is 186 cm³/mol. The van der Waals surface area contributed by atoms with Crippen molar-refractivity contribution in [2.75, 3.05) is 11.9 Å². The van der Waals surface area contributed by atoms with E-state index in [0.717, 1.165) is 25.0 Å². The van der Waals surface area contributed by atoms with Crippen molar-refractivity contribution in [3.63, 3.8) is 0 Å². The first-order chi connectivity index (χ1) is 22.0. The van der Waals surface area contributed by atoms with Crippen LogP contribution in [0.1, 0.15) is 143 Å². The number of phenolic OH excluding ortho intramolecular Hbond substituents is 1. The van der Waals surface area contributed by atoms with Crippen LogP contribution < -0.4 is 5.32 Å². The normalized spacial score (nSPS) is 12.5. The Morgan fingerprint density at radius 3 is 2.09 bits per heavy atom. The first kappa shape index (κ1) is 37.4. The van der Waals surface area contributed by atoms with Crippen molar-refractivity contribution in [3.8, 4) is 17.1 Å². The van der Waals surface area contributed by atoms with E-state index in [1.165, 1.54) is 87.4 Å². The van der Waals surface area contributed by atoms with E-state index in [-0.39, 0.29) is 29.5 Å². The smallest absolute Gasteiger partial charge is 0.306 e. The van der Waals surface area contributed by atoms with E-state index in [0.29, 0.717) is 40.8 Å². The van der Waals surface area contributed by atoms with Crippen molar-refractivity contribution < 1.29 is 19.4 Å². The Labute approximate surface area is 280 Å². The van der Waals surface area contributed by atoms with Gasteiger partial charge in [0.25, 0.3) is 0 Å². The number of unbranched alkanes of at least 4 members (excludes halogenated alkanes) is 13. The van der Waals surface area contributed by atoms with Gasteiger partial charge < -0.3 is 15.2 Å². The number of nitrogens with zero attached hydrogens (tertiary/aromatic N) is 3. The van der Waals surface area contributed by atoms with Crippen LogP contribution in [-0.2, 0) is 19.7 Å². The molecule has 9 nitrogen and oxygen atoms in total. The predicted octanol–water partition coefficient (Wildman–Crippen LogP) is 9.76. The number of benzene rings is 1. The summed E-state index contributed by atoms with van der Waals surface area (Å²) in [5.41, 5.74) is 1.90. The van der Waals surface area contributed by atoms with Gasteiger partial charge in [0.1, 0.15) is 10.8 Å². The topological polar surface area (TPSA) is 122 Å². The molecule has 0 aliphatic heterocycles. The van der Waals surface area contributed by atoms with Crippen LogP contribution in [0.2, 0.25) is 5.02 Å². The number of rotatable bonds is 21.